The van der Waals surface area contributed by atoms with Gasteiger partial charge in [-0.25, -0.2) is 8.42 Å². The third kappa shape index (κ3) is 3.07. The molecule has 0 aliphatic rings. The van der Waals surface area contributed by atoms with E-state index < -0.39 is 9.84 Å². The summed E-state index contributed by atoms with van der Waals surface area (Å²) < 4.78 is 27.9. The molecule has 8 heteroatoms. The molecule has 0 aliphatic heterocycles. The number of nitrogens with one attached hydrogen (secondary N) is 1. The summed E-state index contributed by atoms with van der Waals surface area (Å²) in [7, 11) is -3.35. The van der Waals surface area contributed by atoms with Gasteiger partial charge >= 0.3 is 0 Å². The predicted octanol–water partition coefficient (Wildman–Crippen LogP) is 2.50. The van der Waals surface area contributed by atoms with Gasteiger partial charge in [-0.05, 0) is 30.6 Å². The molecule has 3 N–H and O–H groups in total. The first kappa shape index (κ1) is 14.3. The Hall–Kier alpha value is -1.12. The second kappa shape index (κ2) is 5.48. The molecule has 0 saturated heterocycles. The number of aromatic nitrogens is 1. The van der Waals surface area contributed by atoms with Crippen molar-refractivity contribution < 1.29 is 8.42 Å². The van der Waals surface area contributed by atoms with Crippen molar-refractivity contribution in [2.24, 2.45) is 0 Å². The molecule has 2 aromatic rings. The SMILES string of the molecule is CCS(=O)(=O)c1c(N)nsc1NCc1ccc(C)s1. The number of nitrogen functional groups attached to an aromatic ring is 1. The molecular weight excluding hydrogens is 302 g/mol. The van der Waals surface area contributed by atoms with Gasteiger partial charge in [0.15, 0.2) is 15.7 Å². The summed E-state index contributed by atoms with van der Waals surface area (Å²) in [5, 5.41) is 3.63. The summed E-state index contributed by atoms with van der Waals surface area (Å²) in [6.07, 6.45) is 0. The van der Waals surface area contributed by atoms with Crippen molar-refractivity contribution in [2.75, 3.05) is 16.8 Å². The lowest BCUT2D eigenvalue weighted by Crippen LogP contribution is -2.09. The van der Waals surface area contributed by atoms with Crippen LogP contribution in [0.3, 0.4) is 0 Å². The van der Waals surface area contributed by atoms with Crippen LogP contribution >= 0.6 is 22.9 Å². The highest BCUT2D eigenvalue weighted by Crippen LogP contribution is 2.32. The van der Waals surface area contributed by atoms with Crippen molar-refractivity contribution in [3.63, 3.8) is 0 Å². The number of anilines is 2. The maximum atomic E-state index is 12.0. The summed E-state index contributed by atoms with van der Waals surface area (Å²) in [6, 6.07) is 4.05. The monoisotopic (exact) mass is 317 g/mol. The molecule has 0 spiro atoms. The normalized spacial score (nSPS) is 11.7. The van der Waals surface area contributed by atoms with Crippen LogP contribution in [0.1, 0.15) is 16.7 Å². The van der Waals surface area contributed by atoms with E-state index in [1.54, 1.807) is 18.3 Å². The average Bonchev–Trinajstić information content (AvgIpc) is 2.93. The Labute approximate surface area is 120 Å². The number of sulfone groups is 1. The summed E-state index contributed by atoms with van der Waals surface area (Å²) in [6.45, 7) is 4.21. The molecule has 2 heterocycles. The topological polar surface area (TPSA) is 85.1 Å². The highest BCUT2D eigenvalue weighted by atomic mass is 32.2. The van der Waals surface area contributed by atoms with Crippen LogP contribution in [-0.2, 0) is 16.4 Å². The number of rotatable bonds is 5. The van der Waals surface area contributed by atoms with Gasteiger partial charge < -0.3 is 11.1 Å². The Morgan fingerprint density at radius 1 is 1.42 bits per heavy atom. The minimum Gasteiger partial charge on any atom is -0.382 e. The number of hydrogen-bond acceptors (Lipinski definition) is 7. The first-order valence-corrected chi connectivity index (χ1v) is 8.95. The smallest absolute Gasteiger partial charge is 0.184 e. The highest BCUT2D eigenvalue weighted by Gasteiger charge is 2.23. The van der Waals surface area contributed by atoms with Gasteiger partial charge in [-0.3, -0.25) is 0 Å². The molecule has 0 bridgehead atoms. The van der Waals surface area contributed by atoms with Crippen LogP contribution in [0.5, 0.6) is 0 Å². The molecule has 0 aromatic carbocycles. The molecule has 0 saturated carbocycles. The number of nitrogens with zero attached hydrogens (tertiary/aromatic N) is 1. The number of thiophene rings is 1. The highest BCUT2D eigenvalue weighted by molar-refractivity contribution is 7.91. The molecule has 0 atom stereocenters. The summed E-state index contributed by atoms with van der Waals surface area (Å²) >= 11 is 2.76. The van der Waals surface area contributed by atoms with Crippen LogP contribution in [-0.4, -0.2) is 18.5 Å². The van der Waals surface area contributed by atoms with Gasteiger partial charge in [0.05, 0.1) is 12.3 Å². The molecular formula is C11H15N3O2S3. The fraction of sp³-hybridized carbons (Fsp3) is 0.364. The second-order valence-corrected chi connectivity index (χ2v) is 8.36. The van der Waals surface area contributed by atoms with E-state index in [1.165, 1.54) is 4.88 Å². The van der Waals surface area contributed by atoms with Gasteiger partial charge in [-0.15, -0.1) is 11.3 Å². The standard InChI is InChI=1S/C11H15N3O2S3/c1-3-19(15,16)9-10(12)14-18-11(9)13-6-8-5-4-7(2)17-8/h4-5,13H,3,6H2,1-2H3,(H2,12,14). The molecule has 0 unspecified atom stereocenters. The van der Waals surface area contributed by atoms with E-state index >= 15 is 0 Å². The lowest BCUT2D eigenvalue weighted by molar-refractivity contribution is 0.598. The van der Waals surface area contributed by atoms with Crippen molar-refractivity contribution in [3.05, 3.63) is 21.9 Å². The first-order valence-electron chi connectivity index (χ1n) is 5.71. The Kier molecular flexibility index (Phi) is 4.12. The Balaban J connectivity index is 2.22. The average molecular weight is 317 g/mol. The van der Waals surface area contributed by atoms with Crippen molar-refractivity contribution in [1.29, 1.82) is 0 Å². The predicted molar refractivity (Wildman–Crippen MR) is 80.6 cm³/mol. The number of hydrogen-bond donors (Lipinski definition) is 2. The van der Waals surface area contributed by atoms with Crippen LogP contribution in [0.25, 0.3) is 0 Å². The van der Waals surface area contributed by atoms with E-state index in [4.69, 9.17) is 5.73 Å². The zero-order valence-corrected chi connectivity index (χ0v) is 13.1. The van der Waals surface area contributed by atoms with Crippen LogP contribution in [0.15, 0.2) is 17.0 Å². The Morgan fingerprint density at radius 3 is 2.74 bits per heavy atom. The third-order valence-electron chi connectivity index (χ3n) is 2.58. The summed E-state index contributed by atoms with van der Waals surface area (Å²) in [5.74, 6) is 0.0966. The maximum Gasteiger partial charge on any atom is 0.184 e. The van der Waals surface area contributed by atoms with Gasteiger partial charge in [0.1, 0.15) is 9.90 Å². The first-order chi connectivity index (χ1) is 8.94. The number of aryl methyl sites for hydroxylation is 1. The number of nitrogens with two attached hydrogens (primary N) is 1. The van der Waals surface area contributed by atoms with Crippen LogP contribution in [0, 0.1) is 6.92 Å². The van der Waals surface area contributed by atoms with E-state index in [9.17, 15) is 8.42 Å². The summed E-state index contributed by atoms with van der Waals surface area (Å²) in [4.78, 5) is 2.50. The van der Waals surface area contributed by atoms with Crippen molar-refractivity contribution in [2.45, 2.75) is 25.3 Å². The molecule has 19 heavy (non-hydrogen) atoms. The minimum absolute atomic E-state index is 0.0163. The van der Waals surface area contributed by atoms with Crippen molar-refractivity contribution in [3.8, 4) is 0 Å². The Bertz CT molecular complexity index is 673. The van der Waals surface area contributed by atoms with Crippen molar-refractivity contribution in [1.82, 2.24) is 4.37 Å². The lowest BCUT2D eigenvalue weighted by Gasteiger charge is -2.05. The fourth-order valence-corrected chi connectivity index (χ4v) is 4.59. The van der Waals surface area contributed by atoms with E-state index in [2.05, 4.69) is 9.69 Å². The summed E-state index contributed by atoms with van der Waals surface area (Å²) in [5.41, 5.74) is 5.66. The molecule has 0 fully saturated rings. The van der Waals surface area contributed by atoms with E-state index in [-0.39, 0.29) is 16.5 Å². The zero-order chi connectivity index (χ0) is 14.0. The molecule has 5 nitrogen and oxygen atoms in total. The molecule has 0 aliphatic carbocycles. The quantitative estimate of drug-likeness (QED) is 0.885. The van der Waals surface area contributed by atoms with Gasteiger partial charge in [0, 0.05) is 9.75 Å². The maximum absolute atomic E-state index is 12.0. The van der Waals surface area contributed by atoms with Gasteiger partial charge in [0.2, 0.25) is 0 Å². The minimum atomic E-state index is -3.35. The van der Waals surface area contributed by atoms with Gasteiger partial charge in [0.25, 0.3) is 0 Å². The molecule has 104 valence electrons. The fourth-order valence-electron chi connectivity index (χ4n) is 1.60. The molecule has 0 amide bonds. The third-order valence-corrected chi connectivity index (χ3v) is 6.33. The molecule has 0 radical (unpaired) electrons. The largest absolute Gasteiger partial charge is 0.382 e. The second-order valence-electron chi connectivity index (χ2n) is 4.00. The Morgan fingerprint density at radius 2 is 2.16 bits per heavy atom. The lowest BCUT2D eigenvalue weighted by atomic mass is 10.4. The van der Waals surface area contributed by atoms with Crippen LogP contribution in [0.2, 0.25) is 0 Å². The van der Waals surface area contributed by atoms with Crippen LogP contribution in [0.4, 0.5) is 10.8 Å². The van der Waals surface area contributed by atoms with Gasteiger partial charge in [-0.2, -0.15) is 4.37 Å². The van der Waals surface area contributed by atoms with E-state index in [1.807, 2.05) is 19.1 Å². The van der Waals surface area contributed by atoms with Crippen molar-refractivity contribution >= 4 is 43.5 Å². The molecule has 2 rings (SSSR count). The van der Waals surface area contributed by atoms with Gasteiger partial charge in [-0.1, -0.05) is 6.92 Å². The van der Waals surface area contributed by atoms with Crippen LogP contribution < -0.4 is 11.1 Å². The zero-order valence-electron chi connectivity index (χ0n) is 10.6. The van der Waals surface area contributed by atoms with E-state index in [0.29, 0.717) is 11.5 Å². The molecule has 2 aromatic heterocycles. The van der Waals surface area contributed by atoms with E-state index in [0.717, 1.165) is 16.4 Å².